The molecule has 1 fully saturated rings. The molecule has 2 aromatic rings. The number of aryl methyl sites for hydroxylation is 1. The predicted octanol–water partition coefficient (Wildman–Crippen LogP) is 3.31. The van der Waals surface area contributed by atoms with Gasteiger partial charge >= 0.3 is 0 Å². The molecule has 2 aromatic heterocycles. The van der Waals surface area contributed by atoms with Crippen LogP contribution in [0.3, 0.4) is 0 Å². The van der Waals surface area contributed by atoms with Crippen LogP contribution in [0.2, 0.25) is 0 Å². The van der Waals surface area contributed by atoms with Crippen LogP contribution in [0.4, 0.5) is 0 Å². The van der Waals surface area contributed by atoms with E-state index in [4.69, 9.17) is 4.74 Å². The summed E-state index contributed by atoms with van der Waals surface area (Å²) in [5.41, 5.74) is 6.06. The Hall–Kier alpha value is -2.40. The third-order valence-corrected chi connectivity index (χ3v) is 5.58. The molecule has 0 spiro atoms. The minimum atomic E-state index is 0.255. The van der Waals surface area contributed by atoms with Crippen LogP contribution in [0.5, 0.6) is 0 Å². The van der Waals surface area contributed by atoms with E-state index in [0.717, 1.165) is 53.4 Å². The molecule has 0 radical (unpaired) electrons. The molecule has 4 heterocycles. The van der Waals surface area contributed by atoms with Crippen molar-refractivity contribution in [2.45, 2.75) is 39.7 Å². The van der Waals surface area contributed by atoms with Gasteiger partial charge in [-0.1, -0.05) is 6.92 Å². The number of fused-ring (bicyclic) bond motifs is 1. The Bertz CT molecular complexity index is 885. The van der Waals surface area contributed by atoms with E-state index in [-0.39, 0.29) is 5.78 Å². The van der Waals surface area contributed by atoms with Crippen LogP contribution in [0.15, 0.2) is 35.6 Å². The van der Waals surface area contributed by atoms with Crippen LogP contribution in [-0.4, -0.2) is 34.7 Å². The van der Waals surface area contributed by atoms with Gasteiger partial charge in [-0.15, -0.1) is 0 Å². The maximum absolute atomic E-state index is 12.5. The number of ether oxygens (including phenoxy) is 1. The van der Waals surface area contributed by atoms with Crippen molar-refractivity contribution in [1.82, 2.24) is 9.97 Å². The first kappa shape index (κ1) is 18.0. The molecule has 4 rings (SSSR count). The molecule has 0 aromatic carbocycles. The topological polar surface area (TPSA) is 64.4 Å². The lowest BCUT2D eigenvalue weighted by Crippen LogP contribution is -2.17. The largest absolute Gasteiger partial charge is 0.381 e. The first-order valence-corrected chi connectivity index (χ1v) is 9.65. The van der Waals surface area contributed by atoms with Gasteiger partial charge in [-0.3, -0.25) is 19.8 Å². The van der Waals surface area contributed by atoms with Gasteiger partial charge in [0.25, 0.3) is 0 Å². The highest BCUT2D eigenvalue weighted by atomic mass is 16.5. The summed E-state index contributed by atoms with van der Waals surface area (Å²) in [6.07, 6.45) is 5.75. The lowest BCUT2D eigenvalue weighted by atomic mass is 9.88. The molecule has 1 saturated heterocycles. The van der Waals surface area contributed by atoms with E-state index < -0.39 is 0 Å². The van der Waals surface area contributed by atoms with Gasteiger partial charge in [-0.25, -0.2) is 0 Å². The van der Waals surface area contributed by atoms with Crippen LogP contribution in [0.25, 0.3) is 0 Å². The maximum atomic E-state index is 12.5. The van der Waals surface area contributed by atoms with E-state index in [1.807, 2.05) is 37.5 Å². The summed E-state index contributed by atoms with van der Waals surface area (Å²) in [4.78, 5) is 26.0. The lowest BCUT2D eigenvalue weighted by Gasteiger charge is -2.16. The summed E-state index contributed by atoms with van der Waals surface area (Å²) in [6.45, 7) is 6.40. The van der Waals surface area contributed by atoms with Crippen LogP contribution in [0.1, 0.15) is 47.8 Å². The van der Waals surface area contributed by atoms with Gasteiger partial charge in [0.05, 0.1) is 12.3 Å². The van der Waals surface area contributed by atoms with Gasteiger partial charge in [-0.2, -0.15) is 0 Å². The zero-order valence-corrected chi connectivity index (χ0v) is 15.9. The molecule has 0 saturated carbocycles. The fourth-order valence-electron chi connectivity index (χ4n) is 3.98. The summed E-state index contributed by atoms with van der Waals surface area (Å²) >= 11 is 0. The van der Waals surface area contributed by atoms with Gasteiger partial charge in [0, 0.05) is 61.0 Å². The number of ketones is 1. The first-order valence-electron chi connectivity index (χ1n) is 9.65. The molecule has 0 aliphatic carbocycles. The van der Waals surface area contributed by atoms with E-state index in [9.17, 15) is 4.79 Å². The Labute approximate surface area is 159 Å². The second-order valence-corrected chi connectivity index (χ2v) is 7.70. The summed E-state index contributed by atoms with van der Waals surface area (Å²) < 4.78 is 5.44. The first-order chi connectivity index (χ1) is 13.1. The highest BCUT2D eigenvalue weighted by Crippen LogP contribution is 2.26. The Morgan fingerprint density at radius 1 is 1.33 bits per heavy atom. The van der Waals surface area contributed by atoms with E-state index >= 15 is 0 Å². The molecular weight excluding hydrogens is 338 g/mol. The average Bonchev–Trinajstić information content (AvgIpc) is 3.31. The molecule has 2 aliphatic heterocycles. The fourth-order valence-corrected chi connectivity index (χ4v) is 3.98. The number of carbonyl (C=O) groups is 1. The number of hydrogen-bond acceptors (Lipinski definition) is 5. The SMILES string of the molecule is Cc1cc(C2=NCc3cc(CC(=O)CC(C)C4CCOC4)ncc32)ccn1. The Morgan fingerprint density at radius 3 is 3.00 bits per heavy atom. The van der Waals surface area contributed by atoms with Crippen LogP contribution in [-0.2, 0) is 22.5 Å². The lowest BCUT2D eigenvalue weighted by molar-refractivity contribution is -0.119. The van der Waals surface area contributed by atoms with Crippen LogP contribution >= 0.6 is 0 Å². The van der Waals surface area contributed by atoms with Crippen molar-refractivity contribution in [3.63, 3.8) is 0 Å². The second-order valence-electron chi connectivity index (χ2n) is 7.70. The third kappa shape index (κ3) is 3.98. The van der Waals surface area contributed by atoms with Crippen molar-refractivity contribution in [2.24, 2.45) is 16.8 Å². The van der Waals surface area contributed by atoms with Crippen molar-refractivity contribution >= 4 is 11.5 Å². The standard InChI is InChI=1S/C22H25N3O2/c1-14(17-4-6-27-13-17)7-20(26)10-19-9-18-11-25-22(21(18)12-24-19)16-3-5-23-15(2)8-16/h3,5,8-9,12,14,17H,4,6-7,10-11,13H2,1-2H3. The summed E-state index contributed by atoms with van der Waals surface area (Å²) in [6, 6.07) is 6.06. The number of carbonyl (C=O) groups excluding carboxylic acids is 1. The molecule has 2 aliphatic rings. The molecular formula is C22H25N3O2. The van der Waals surface area contributed by atoms with Gasteiger partial charge < -0.3 is 4.74 Å². The Morgan fingerprint density at radius 2 is 2.22 bits per heavy atom. The zero-order chi connectivity index (χ0) is 18.8. The van der Waals surface area contributed by atoms with E-state index in [1.54, 1.807) is 0 Å². The number of pyridine rings is 2. The smallest absolute Gasteiger partial charge is 0.139 e. The summed E-state index contributed by atoms with van der Waals surface area (Å²) in [5.74, 6) is 1.15. The molecule has 0 amide bonds. The van der Waals surface area contributed by atoms with Crippen LogP contribution in [0, 0.1) is 18.8 Å². The molecule has 0 bridgehead atoms. The highest BCUT2D eigenvalue weighted by molar-refractivity contribution is 6.15. The van der Waals surface area contributed by atoms with Crippen molar-refractivity contribution in [3.8, 4) is 0 Å². The van der Waals surface area contributed by atoms with Crippen molar-refractivity contribution in [3.05, 3.63) is 58.7 Å². The van der Waals surface area contributed by atoms with E-state index in [2.05, 4.69) is 21.9 Å². The third-order valence-electron chi connectivity index (χ3n) is 5.58. The number of hydrogen-bond donors (Lipinski definition) is 0. The van der Waals surface area contributed by atoms with Gasteiger partial charge in [0.15, 0.2) is 0 Å². The molecule has 140 valence electrons. The summed E-state index contributed by atoms with van der Waals surface area (Å²) in [5, 5.41) is 0. The number of Topliss-reactive ketones (excluding diaryl/α,β-unsaturated/α-hetero) is 1. The molecule has 2 unspecified atom stereocenters. The van der Waals surface area contributed by atoms with Crippen LogP contribution < -0.4 is 0 Å². The van der Waals surface area contributed by atoms with Crippen molar-refractivity contribution in [2.75, 3.05) is 13.2 Å². The maximum Gasteiger partial charge on any atom is 0.139 e. The van der Waals surface area contributed by atoms with Gasteiger partial charge in [0.2, 0.25) is 0 Å². The van der Waals surface area contributed by atoms with E-state index in [0.29, 0.717) is 31.2 Å². The minimum absolute atomic E-state index is 0.255. The quantitative estimate of drug-likeness (QED) is 0.790. The van der Waals surface area contributed by atoms with E-state index in [1.165, 1.54) is 0 Å². The molecule has 0 N–H and O–H groups in total. The van der Waals surface area contributed by atoms with Crippen molar-refractivity contribution < 1.29 is 9.53 Å². The zero-order valence-electron chi connectivity index (χ0n) is 15.9. The molecule has 2 atom stereocenters. The Kier molecular flexibility index (Phi) is 5.12. The number of aliphatic imine (C=N–C) groups is 1. The number of nitrogens with zero attached hydrogens (tertiary/aromatic N) is 3. The second kappa shape index (κ2) is 7.69. The Balaban J connectivity index is 1.43. The summed E-state index contributed by atoms with van der Waals surface area (Å²) in [7, 11) is 0. The number of rotatable bonds is 6. The normalized spacial score (nSPS) is 19.6. The predicted molar refractivity (Wildman–Crippen MR) is 104 cm³/mol. The van der Waals surface area contributed by atoms with Crippen molar-refractivity contribution in [1.29, 1.82) is 0 Å². The average molecular weight is 363 g/mol. The minimum Gasteiger partial charge on any atom is -0.381 e. The molecule has 5 nitrogen and oxygen atoms in total. The molecule has 5 heteroatoms. The van der Waals surface area contributed by atoms with Gasteiger partial charge in [-0.05, 0) is 48.9 Å². The molecule has 27 heavy (non-hydrogen) atoms. The number of aromatic nitrogens is 2. The van der Waals surface area contributed by atoms with Gasteiger partial charge in [0.1, 0.15) is 5.78 Å². The monoisotopic (exact) mass is 363 g/mol. The fraction of sp³-hybridized carbons (Fsp3) is 0.455. The highest BCUT2D eigenvalue weighted by Gasteiger charge is 2.25.